The number of rotatable bonds is 8. The van der Waals surface area contributed by atoms with E-state index in [0.29, 0.717) is 12.3 Å². The molecule has 0 bridgehead atoms. The highest BCUT2D eigenvalue weighted by Gasteiger charge is 2.55. The third-order valence-corrected chi connectivity index (χ3v) is 22.9. The second kappa shape index (κ2) is 11.2. The van der Waals surface area contributed by atoms with E-state index in [1.54, 1.807) is 10.9 Å². The normalized spacial score (nSPS) is 23.5. The summed E-state index contributed by atoms with van der Waals surface area (Å²) >= 11 is 0. The van der Waals surface area contributed by atoms with Gasteiger partial charge in [0.15, 0.2) is 36.9 Å². The van der Waals surface area contributed by atoms with Crippen LogP contribution in [-0.2, 0) is 18.0 Å². The fourth-order valence-corrected chi connectivity index (χ4v) is 7.27. The largest absolute Gasteiger partial charge is 0.414 e. The summed E-state index contributed by atoms with van der Waals surface area (Å²) in [6.45, 7) is 34.0. The quantitative estimate of drug-likeness (QED) is 0.231. The van der Waals surface area contributed by atoms with Crippen LogP contribution >= 0.6 is 0 Å². The van der Waals surface area contributed by atoms with Crippen LogP contribution in [0.1, 0.15) is 79.9 Å². The van der Waals surface area contributed by atoms with Crippen LogP contribution in [0.15, 0.2) is 6.33 Å². The monoisotopic (exact) mass is 591 g/mol. The number of aromatic nitrogens is 2. The molecule has 2 rings (SSSR count). The number of terminal acetylenes is 1. The lowest BCUT2D eigenvalue weighted by molar-refractivity contribution is -0.0491. The molecule has 2 heterocycles. The van der Waals surface area contributed by atoms with E-state index in [-0.39, 0.29) is 33.0 Å². The summed E-state index contributed by atoms with van der Waals surface area (Å²) in [7, 11) is -6.60. The number of hydrogen-bond donors (Lipinski definition) is 0. The summed E-state index contributed by atoms with van der Waals surface area (Å²) in [5.74, 6) is 2.66. The summed E-state index contributed by atoms with van der Waals surface area (Å²) in [5.41, 5.74) is 0.596. The molecule has 220 valence electrons. The molecule has 4 unspecified atom stereocenters. The smallest absolute Gasteiger partial charge is 0.192 e. The summed E-state index contributed by atoms with van der Waals surface area (Å²) < 4.78 is 29.6. The Balaban J connectivity index is 2.68. The van der Waals surface area contributed by atoms with Crippen molar-refractivity contribution in [3.8, 4) is 18.4 Å². The molecule has 1 aliphatic heterocycles. The average molecular weight is 592 g/mol. The first kappa shape index (κ1) is 34.0. The minimum absolute atomic E-state index is 0.00952. The molecule has 0 aliphatic carbocycles. The highest BCUT2D eigenvalue weighted by Crippen LogP contribution is 2.46. The number of ether oxygens (including phenoxy) is 1. The fraction of sp³-hybridized carbons (Fsp3) is 0.793. The van der Waals surface area contributed by atoms with Gasteiger partial charge in [-0.1, -0.05) is 62.3 Å². The van der Waals surface area contributed by atoms with E-state index in [2.05, 4.69) is 119 Å². The first-order chi connectivity index (χ1) is 17.4. The predicted octanol–water partition coefficient (Wildman–Crippen LogP) is 7.44. The van der Waals surface area contributed by atoms with Gasteiger partial charge in [-0.3, -0.25) is 4.57 Å². The van der Waals surface area contributed by atoms with Gasteiger partial charge in [-0.05, 0) is 60.3 Å². The second-order valence-electron chi connectivity index (χ2n) is 15.4. The topological polar surface area (TPSA) is 78.5 Å². The molecule has 1 saturated heterocycles. The molecule has 0 aromatic carbocycles. The molecule has 0 amide bonds. The van der Waals surface area contributed by atoms with Gasteiger partial charge in [-0.15, -0.1) is 6.42 Å². The van der Waals surface area contributed by atoms with Crippen LogP contribution in [0.3, 0.4) is 0 Å². The Bertz CT molecular complexity index is 1100. The van der Waals surface area contributed by atoms with Crippen LogP contribution < -0.4 is 0 Å². The lowest BCUT2D eigenvalue weighted by Gasteiger charge is -2.44. The molecule has 10 heteroatoms. The van der Waals surface area contributed by atoms with Crippen molar-refractivity contribution >= 4 is 25.0 Å². The van der Waals surface area contributed by atoms with Gasteiger partial charge in [0, 0.05) is 0 Å². The molecular weight excluding hydrogens is 539 g/mol. The van der Waals surface area contributed by atoms with Gasteiger partial charge in [-0.25, -0.2) is 4.98 Å². The SMILES string of the molecule is C#Cc1c(C#N)ncn1C1OC(CO[Si](C)(C)C(C)(C)C)C(O[Si](C)(C)C(C)(C)C)C1O[Si](C)(C)C(C)(C)C. The Morgan fingerprint density at radius 3 is 1.74 bits per heavy atom. The zero-order chi connectivity index (χ0) is 30.4. The van der Waals surface area contributed by atoms with Crippen molar-refractivity contribution in [2.75, 3.05) is 6.61 Å². The van der Waals surface area contributed by atoms with Gasteiger partial charge in [0.05, 0.1) is 12.9 Å². The Morgan fingerprint density at radius 1 is 0.872 bits per heavy atom. The molecule has 0 radical (unpaired) electrons. The van der Waals surface area contributed by atoms with E-state index >= 15 is 0 Å². The van der Waals surface area contributed by atoms with Crippen LogP contribution in [0, 0.1) is 23.7 Å². The summed E-state index contributed by atoms with van der Waals surface area (Å²) in [4.78, 5) is 4.29. The molecule has 1 fully saturated rings. The number of nitriles is 1. The zero-order valence-corrected chi connectivity index (χ0v) is 30.1. The van der Waals surface area contributed by atoms with Crippen LogP contribution in [0.2, 0.25) is 54.4 Å². The van der Waals surface area contributed by atoms with Crippen molar-refractivity contribution in [1.29, 1.82) is 5.26 Å². The fourth-order valence-electron chi connectivity index (χ4n) is 3.65. The molecular formula is C29H53N3O4Si3. The maximum Gasteiger partial charge on any atom is 0.192 e. The van der Waals surface area contributed by atoms with Gasteiger partial charge >= 0.3 is 0 Å². The third-order valence-electron chi connectivity index (χ3n) is 9.48. The summed E-state index contributed by atoms with van der Waals surface area (Å²) in [5, 5.41) is 9.66. The number of hydrogen-bond acceptors (Lipinski definition) is 6. The van der Waals surface area contributed by atoms with Gasteiger partial charge in [0.1, 0.15) is 30.1 Å². The van der Waals surface area contributed by atoms with Crippen LogP contribution in [0.5, 0.6) is 0 Å². The summed E-state index contributed by atoms with van der Waals surface area (Å²) in [6, 6.07) is 2.11. The average Bonchev–Trinajstić information content (AvgIpc) is 3.30. The highest BCUT2D eigenvalue weighted by molar-refractivity contribution is 6.75. The second-order valence-corrected chi connectivity index (χ2v) is 29.7. The van der Waals surface area contributed by atoms with E-state index in [9.17, 15) is 5.26 Å². The third kappa shape index (κ3) is 7.16. The molecule has 1 aromatic rings. The molecule has 1 aromatic heterocycles. The van der Waals surface area contributed by atoms with E-state index in [1.807, 2.05) is 0 Å². The van der Waals surface area contributed by atoms with Gasteiger partial charge in [0.2, 0.25) is 0 Å². The lowest BCUT2D eigenvalue weighted by atomic mass is 10.1. The zero-order valence-electron chi connectivity index (χ0n) is 27.1. The van der Waals surface area contributed by atoms with Crippen molar-refractivity contribution in [3.05, 3.63) is 17.7 Å². The molecule has 39 heavy (non-hydrogen) atoms. The highest BCUT2D eigenvalue weighted by atomic mass is 28.4. The van der Waals surface area contributed by atoms with Crippen molar-refractivity contribution in [1.82, 2.24) is 9.55 Å². The first-order valence-electron chi connectivity index (χ1n) is 14.0. The van der Waals surface area contributed by atoms with Crippen molar-refractivity contribution in [2.24, 2.45) is 0 Å². The molecule has 1 aliphatic rings. The van der Waals surface area contributed by atoms with E-state index < -0.39 is 37.3 Å². The lowest BCUT2D eigenvalue weighted by Crippen LogP contribution is -2.54. The Morgan fingerprint density at radius 2 is 1.33 bits per heavy atom. The molecule has 0 spiro atoms. The number of imidazole rings is 1. The van der Waals surface area contributed by atoms with Crippen LogP contribution in [0.4, 0.5) is 0 Å². The molecule has 7 nitrogen and oxygen atoms in total. The minimum Gasteiger partial charge on any atom is -0.414 e. The van der Waals surface area contributed by atoms with Crippen LogP contribution in [0.25, 0.3) is 0 Å². The van der Waals surface area contributed by atoms with Crippen molar-refractivity contribution < 1.29 is 18.0 Å². The molecule has 0 saturated carbocycles. The standard InChI is InChI=1S/C29H53N3O4Si3/c1-17-22-21(18-30)31-20-32(22)26-25(36-39(15,16)29(8,9)10)24(35-38(13,14)28(5,6)7)23(34-26)19-33-37(11,12)27(2,3)4/h1,20,23-26H,19H2,2-16H3. The maximum atomic E-state index is 9.64. The first-order valence-corrected chi connectivity index (χ1v) is 22.7. The van der Waals surface area contributed by atoms with Crippen LogP contribution in [-0.4, -0.2) is 59.4 Å². The predicted molar refractivity (Wildman–Crippen MR) is 166 cm³/mol. The maximum absolute atomic E-state index is 9.64. The van der Waals surface area contributed by atoms with Gasteiger partial charge in [0.25, 0.3) is 0 Å². The molecule has 0 N–H and O–H groups in total. The molecule has 4 atom stereocenters. The Kier molecular flexibility index (Phi) is 9.75. The van der Waals surface area contributed by atoms with Gasteiger partial charge < -0.3 is 18.0 Å². The van der Waals surface area contributed by atoms with E-state index in [0.717, 1.165) is 0 Å². The van der Waals surface area contributed by atoms with E-state index in [4.69, 9.17) is 24.4 Å². The minimum atomic E-state index is -2.28. The summed E-state index contributed by atoms with van der Waals surface area (Å²) in [6.07, 6.45) is 5.70. The van der Waals surface area contributed by atoms with Gasteiger partial charge in [-0.2, -0.15) is 5.26 Å². The Labute approximate surface area is 241 Å². The van der Waals surface area contributed by atoms with E-state index in [1.165, 1.54) is 0 Å². The Hall–Kier alpha value is -1.25. The van der Waals surface area contributed by atoms with Crippen molar-refractivity contribution in [3.63, 3.8) is 0 Å². The van der Waals surface area contributed by atoms with Crippen molar-refractivity contribution in [2.45, 2.75) is 141 Å². The number of nitrogens with zero attached hydrogens (tertiary/aromatic N) is 3.